The Hall–Kier alpha value is -1.43. The lowest BCUT2D eigenvalue weighted by atomic mass is 9.66. The van der Waals surface area contributed by atoms with Gasteiger partial charge >= 0.3 is 11.9 Å². The predicted molar refractivity (Wildman–Crippen MR) is 90.4 cm³/mol. The summed E-state index contributed by atoms with van der Waals surface area (Å²) < 4.78 is 10.3. The number of rotatable bonds is 7. The van der Waals surface area contributed by atoms with Crippen LogP contribution in [0.25, 0.3) is 0 Å². The molecule has 2 saturated carbocycles. The van der Waals surface area contributed by atoms with E-state index in [9.17, 15) is 14.4 Å². The molecule has 5 unspecified atom stereocenters. The van der Waals surface area contributed by atoms with Gasteiger partial charge in [-0.1, -0.05) is 6.92 Å². The Morgan fingerprint density at radius 1 is 1.40 bits per heavy atom. The van der Waals surface area contributed by atoms with Crippen molar-refractivity contribution in [2.24, 2.45) is 28.9 Å². The molecular weight excluding hydrogens is 322 g/mol. The molecule has 1 heterocycles. The summed E-state index contributed by atoms with van der Waals surface area (Å²) in [5, 5.41) is 0. The Balaban J connectivity index is 1.47. The zero-order valence-electron chi connectivity index (χ0n) is 15.2. The molecule has 25 heavy (non-hydrogen) atoms. The minimum atomic E-state index is -1.04. The van der Waals surface area contributed by atoms with Gasteiger partial charge in [-0.15, -0.1) is 0 Å². The molecule has 0 aromatic carbocycles. The third-order valence-corrected chi connectivity index (χ3v) is 6.70. The number of fused-ring (bicyclic) bond motifs is 3. The highest BCUT2D eigenvalue weighted by Crippen LogP contribution is 2.62. The van der Waals surface area contributed by atoms with E-state index < -0.39 is 11.5 Å². The Labute approximate surface area is 148 Å². The molecule has 1 spiro atoms. The maximum atomic E-state index is 12.2. The maximum Gasteiger partial charge on any atom is 0.326 e. The molecule has 0 amide bonds. The average Bonchev–Trinajstić information content (AvgIpc) is 3.26. The summed E-state index contributed by atoms with van der Waals surface area (Å²) in [7, 11) is 0. The molecule has 6 heteroatoms. The molecule has 140 valence electrons. The SMILES string of the molecule is CCC(C)(N)C(=O)OCC(=O)CCC1CC2CC1C1(CCOC1=O)C2. The van der Waals surface area contributed by atoms with Crippen LogP contribution in [0.3, 0.4) is 0 Å². The Kier molecular flexibility index (Phi) is 4.93. The molecule has 0 aromatic heterocycles. The van der Waals surface area contributed by atoms with Crippen molar-refractivity contribution in [1.29, 1.82) is 0 Å². The summed E-state index contributed by atoms with van der Waals surface area (Å²) in [5.74, 6) is 0.722. The fourth-order valence-electron chi connectivity index (χ4n) is 5.04. The minimum absolute atomic E-state index is 0.0215. The van der Waals surface area contributed by atoms with Crippen molar-refractivity contribution in [3.05, 3.63) is 0 Å². The lowest BCUT2D eigenvalue weighted by Gasteiger charge is -2.35. The number of carbonyl (C=O) groups is 3. The van der Waals surface area contributed by atoms with Crippen LogP contribution < -0.4 is 5.73 Å². The summed E-state index contributed by atoms with van der Waals surface area (Å²) >= 11 is 0. The number of ketones is 1. The quantitative estimate of drug-likeness (QED) is 0.705. The zero-order chi connectivity index (χ0) is 18.2. The van der Waals surface area contributed by atoms with Gasteiger partial charge in [0.15, 0.2) is 5.78 Å². The van der Waals surface area contributed by atoms with E-state index in [2.05, 4.69) is 0 Å². The largest absolute Gasteiger partial charge is 0.465 e. The van der Waals surface area contributed by atoms with Gasteiger partial charge in [0.25, 0.3) is 0 Å². The number of nitrogens with two attached hydrogens (primary N) is 1. The molecule has 3 aliphatic rings. The number of hydrogen-bond acceptors (Lipinski definition) is 6. The number of carbonyl (C=O) groups excluding carboxylic acids is 3. The molecule has 2 bridgehead atoms. The number of Topliss-reactive ketones (excluding diaryl/α,β-unsaturated/α-hetero) is 1. The van der Waals surface area contributed by atoms with E-state index in [-0.39, 0.29) is 23.8 Å². The summed E-state index contributed by atoms with van der Waals surface area (Å²) in [6.45, 7) is 3.75. The van der Waals surface area contributed by atoms with E-state index >= 15 is 0 Å². The van der Waals surface area contributed by atoms with E-state index in [1.165, 1.54) is 0 Å². The van der Waals surface area contributed by atoms with Crippen LogP contribution in [-0.4, -0.2) is 36.5 Å². The molecule has 0 aromatic rings. The van der Waals surface area contributed by atoms with Crippen LogP contribution in [-0.2, 0) is 23.9 Å². The second-order valence-electron chi connectivity index (χ2n) is 8.37. The summed E-state index contributed by atoms with van der Waals surface area (Å²) in [6.07, 6.45) is 5.60. The average molecular weight is 351 g/mol. The van der Waals surface area contributed by atoms with Gasteiger partial charge in [0.2, 0.25) is 0 Å². The van der Waals surface area contributed by atoms with Crippen LogP contribution in [0.5, 0.6) is 0 Å². The van der Waals surface area contributed by atoms with Gasteiger partial charge < -0.3 is 15.2 Å². The van der Waals surface area contributed by atoms with Crippen molar-refractivity contribution in [2.45, 2.75) is 64.3 Å². The monoisotopic (exact) mass is 351 g/mol. The van der Waals surface area contributed by atoms with Gasteiger partial charge in [-0.2, -0.15) is 0 Å². The van der Waals surface area contributed by atoms with Crippen molar-refractivity contribution in [2.75, 3.05) is 13.2 Å². The highest BCUT2D eigenvalue weighted by molar-refractivity contribution is 5.85. The van der Waals surface area contributed by atoms with Crippen molar-refractivity contribution in [1.82, 2.24) is 0 Å². The van der Waals surface area contributed by atoms with E-state index in [1.54, 1.807) is 6.92 Å². The normalized spacial score (nSPS) is 35.6. The first-order valence-corrected chi connectivity index (χ1v) is 9.43. The zero-order valence-corrected chi connectivity index (χ0v) is 15.2. The number of esters is 2. The van der Waals surface area contributed by atoms with Crippen molar-refractivity contribution >= 4 is 17.7 Å². The smallest absolute Gasteiger partial charge is 0.326 e. The van der Waals surface area contributed by atoms with Gasteiger partial charge in [-0.25, -0.2) is 0 Å². The molecule has 1 saturated heterocycles. The molecule has 2 aliphatic carbocycles. The maximum absolute atomic E-state index is 12.2. The Bertz CT molecular complexity index is 572. The van der Waals surface area contributed by atoms with Crippen molar-refractivity contribution in [3.8, 4) is 0 Å². The first-order valence-electron chi connectivity index (χ1n) is 9.43. The van der Waals surface area contributed by atoms with Crippen molar-refractivity contribution < 1.29 is 23.9 Å². The predicted octanol–water partition coefficient (Wildman–Crippen LogP) is 1.99. The summed E-state index contributed by atoms with van der Waals surface area (Å²) in [5.41, 5.74) is 4.50. The van der Waals surface area contributed by atoms with Crippen LogP contribution in [0, 0.1) is 23.2 Å². The Morgan fingerprint density at radius 2 is 2.16 bits per heavy atom. The first-order chi connectivity index (χ1) is 11.8. The lowest BCUT2D eigenvalue weighted by molar-refractivity contribution is -0.153. The van der Waals surface area contributed by atoms with Gasteiger partial charge in [-0.3, -0.25) is 14.4 Å². The van der Waals surface area contributed by atoms with Crippen molar-refractivity contribution in [3.63, 3.8) is 0 Å². The fraction of sp³-hybridized carbons (Fsp3) is 0.842. The van der Waals surface area contributed by atoms with Gasteiger partial charge in [0.1, 0.15) is 12.1 Å². The molecule has 6 nitrogen and oxygen atoms in total. The van der Waals surface area contributed by atoms with Gasteiger partial charge in [0.05, 0.1) is 12.0 Å². The molecule has 3 rings (SSSR count). The number of ether oxygens (including phenoxy) is 2. The van der Waals surface area contributed by atoms with Crippen LogP contribution in [0.4, 0.5) is 0 Å². The lowest BCUT2D eigenvalue weighted by Crippen LogP contribution is -2.46. The molecule has 1 aliphatic heterocycles. The third kappa shape index (κ3) is 3.33. The topological polar surface area (TPSA) is 95.7 Å². The Morgan fingerprint density at radius 3 is 2.76 bits per heavy atom. The second kappa shape index (κ2) is 6.71. The van der Waals surface area contributed by atoms with Crippen LogP contribution in [0.2, 0.25) is 0 Å². The number of hydrogen-bond donors (Lipinski definition) is 1. The van der Waals surface area contributed by atoms with E-state index in [0.29, 0.717) is 37.2 Å². The first kappa shape index (κ1) is 18.4. The van der Waals surface area contributed by atoms with Gasteiger partial charge in [0, 0.05) is 6.42 Å². The van der Waals surface area contributed by atoms with Crippen LogP contribution in [0.15, 0.2) is 0 Å². The van der Waals surface area contributed by atoms with E-state index in [0.717, 1.165) is 32.1 Å². The molecule has 3 fully saturated rings. The fourth-order valence-corrected chi connectivity index (χ4v) is 5.04. The standard InChI is InChI=1S/C19H29NO5/c1-3-18(2,20)16(22)25-11-14(21)5-4-13-8-12-9-15(13)19(10-12)6-7-24-17(19)23/h12-13,15H,3-11,20H2,1-2H3. The summed E-state index contributed by atoms with van der Waals surface area (Å²) in [4.78, 5) is 36.1. The molecule has 2 N–H and O–H groups in total. The van der Waals surface area contributed by atoms with E-state index in [1.807, 2.05) is 6.92 Å². The van der Waals surface area contributed by atoms with Crippen LogP contribution >= 0.6 is 0 Å². The van der Waals surface area contributed by atoms with Gasteiger partial charge in [-0.05, 0) is 63.2 Å². The molecule has 0 radical (unpaired) electrons. The molecule has 5 atom stereocenters. The highest BCUT2D eigenvalue weighted by atomic mass is 16.5. The minimum Gasteiger partial charge on any atom is -0.465 e. The number of cyclic esters (lactones) is 1. The highest BCUT2D eigenvalue weighted by Gasteiger charge is 2.61. The second-order valence-corrected chi connectivity index (χ2v) is 8.37. The van der Waals surface area contributed by atoms with E-state index in [4.69, 9.17) is 15.2 Å². The summed E-state index contributed by atoms with van der Waals surface area (Å²) in [6, 6.07) is 0. The molecular formula is C19H29NO5. The third-order valence-electron chi connectivity index (χ3n) is 6.70. The van der Waals surface area contributed by atoms with Crippen LogP contribution in [0.1, 0.15) is 58.8 Å².